The lowest BCUT2D eigenvalue weighted by Crippen LogP contribution is -1.93. The number of methoxy groups -OCH3 is 1. The Morgan fingerprint density at radius 1 is 1.33 bits per heavy atom. The Balaban J connectivity index is 2.84. The van der Waals surface area contributed by atoms with E-state index in [2.05, 4.69) is 0 Å². The third-order valence-corrected chi connectivity index (χ3v) is 2.91. The Kier molecular flexibility index (Phi) is 3.29. The zero-order valence-corrected chi connectivity index (χ0v) is 8.06. The van der Waals surface area contributed by atoms with Crippen LogP contribution in [-0.2, 0) is 10.8 Å². The number of ether oxygens (including phenoxy) is 1. The van der Waals surface area contributed by atoms with Gasteiger partial charge in [0.05, 0.1) is 17.9 Å². The van der Waals surface area contributed by atoms with E-state index in [-0.39, 0.29) is 0 Å². The lowest BCUT2D eigenvalue weighted by molar-refractivity contribution is 0.414. The fraction of sp³-hybridized carbons (Fsp3) is 0.333. The Bertz CT molecular complexity index is 266. The van der Waals surface area contributed by atoms with Crippen molar-refractivity contribution >= 4 is 10.8 Å². The van der Waals surface area contributed by atoms with Gasteiger partial charge in [0, 0.05) is 10.6 Å². The third-order valence-electron chi connectivity index (χ3n) is 1.58. The van der Waals surface area contributed by atoms with Gasteiger partial charge in [0.2, 0.25) is 0 Å². The Hall–Kier alpha value is -0.830. The molecule has 0 saturated carbocycles. The monoisotopic (exact) mass is 184 g/mol. The van der Waals surface area contributed by atoms with Crippen LogP contribution in [0.3, 0.4) is 0 Å². The molecule has 0 amide bonds. The van der Waals surface area contributed by atoms with Crippen LogP contribution in [0.4, 0.5) is 0 Å². The van der Waals surface area contributed by atoms with Crippen LogP contribution in [0.15, 0.2) is 29.2 Å². The summed E-state index contributed by atoms with van der Waals surface area (Å²) in [7, 11) is 0.761. The average molecular weight is 184 g/mol. The summed E-state index contributed by atoms with van der Waals surface area (Å²) in [5.41, 5.74) is 0. The topological polar surface area (TPSA) is 26.3 Å². The molecule has 0 aromatic heterocycles. The van der Waals surface area contributed by atoms with E-state index in [4.69, 9.17) is 4.74 Å². The van der Waals surface area contributed by atoms with Gasteiger partial charge in [0.1, 0.15) is 5.75 Å². The van der Waals surface area contributed by atoms with Crippen molar-refractivity contribution in [3.8, 4) is 5.75 Å². The van der Waals surface area contributed by atoms with E-state index >= 15 is 0 Å². The lowest BCUT2D eigenvalue weighted by atomic mass is 10.3. The molecule has 0 aliphatic rings. The molecule has 0 spiro atoms. The smallest absolute Gasteiger partial charge is 0.118 e. The van der Waals surface area contributed by atoms with Gasteiger partial charge in [-0.25, -0.2) is 0 Å². The Morgan fingerprint density at radius 3 is 2.33 bits per heavy atom. The van der Waals surface area contributed by atoms with Crippen LogP contribution in [0.2, 0.25) is 0 Å². The van der Waals surface area contributed by atoms with Crippen LogP contribution in [0, 0.1) is 0 Å². The molecule has 66 valence electrons. The highest BCUT2D eigenvalue weighted by Gasteiger charge is 1.99. The van der Waals surface area contributed by atoms with Crippen molar-refractivity contribution in [1.82, 2.24) is 0 Å². The van der Waals surface area contributed by atoms with E-state index in [0.717, 1.165) is 10.6 Å². The van der Waals surface area contributed by atoms with E-state index in [1.54, 1.807) is 7.11 Å². The molecule has 1 rings (SSSR count). The second-order valence-corrected chi connectivity index (χ2v) is 4.05. The molecule has 0 unspecified atom stereocenters. The molecule has 0 N–H and O–H groups in total. The van der Waals surface area contributed by atoms with Gasteiger partial charge in [-0.05, 0) is 24.3 Å². The van der Waals surface area contributed by atoms with E-state index < -0.39 is 10.8 Å². The molecule has 0 saturated heterocycles. The quantitative estimate of drug-likeness (QED) is 0.716. The molecular formula is C9H12O2S. The van der Waals surface area contributed by atoms with Crippen LogP contribution >= 0.6 is 0 Å². The first-order chi connectivity index (χ1) is 5.77. The summed E-state index contributed by atoms with van der Waals surface area (Å²) in [6, 6.07) is 7.31. The summed E-state index contributed by atoms with van der Waals surface area (Å²) < 4.78 is 16.3. The van der Waals surface area contributed by atoms with Gasteiger partial charge in [-0.2, -0.15) is 0 Å². The summed E-state index contributed by atoms with van der Waals surface area (Å²) in [5, 5.41) is 0. The van der Waals surface area contributed by atoms with E-state index in [1.165, 1.54) is 0 Å². The fourth-order valence-electron chi connectivity index (χ4n) is 0.894. The summed E-state index contributed by atoms with van der Waals surface area (Å²) in [6.07, 6.45) is 0. The minimum atomic E-state index is -0.856. The molecule has 0 fully saturated rings. The Labute approximate surface area is 75.0 Å². The molecule has 0 bridgehead atoms. The van der Waals surface area contributed by atoms with Gasteiger partial charge in [0.15, 0.2) is 0 Å². The first kappa shape index (κ1) is 9.26. The maximum atomic E-state index is 11.3. The van der Waals surface area contributed by atoms with E-state index in [9.17, 15) is 4.21 Å². The van der Waals surface area contributed by atoms with Crippen LogP contribution in [0.25, 0.3) is 0 Å². The zero-order valence-electron chi connectivity index (χ0n) is 7.24. The number of benzene rings is 1. The van der Waals surface area contributed by atoms with Crippen molar-refractivity contribution in [2.24, 2.45) is 0 Å². The first-order valence-corrected chi connectivity index (χ1v) is 5.12. The number of rotatable bonds is 3. The van der Waals surface area contributed by atoms with Crippen molar-refractivity contribution in [2.75, 3.05) is 12.9 Å². The van der Waals surface area contributed by atoms with Gasteiger partial charge in [-0.15, -0.1) is 0 Å². The molecule has 0 heterocycles. The molecule has 12 heavy (non-hydrogen) atoms. The second kappa shape index (κ2) is 4.26. The van der Waals surface area contributed by atoms with Crippen LogP contribution in [0.5, 0.6) is 5.75 Å². The molecule has 2 nitrogen and oxygen atoms in total. The predicted octanol–water partition coefficient (Wildman–Crippen LogP) is 1.82. The van der Waals surface area contributed by atoms with Crippen molar-refractivity contribution in [1.29, 1.82) is 0 Å². The standard InChI is InChI=1S/C9H12O2S/c1-3-12(10)9-6-4-8(11-2)5-7-9/h4-7H,3H2,1-2H3/t12-/m1/s1. The largest absolute Gasteiger partial charge is 0.497 e. The molecule has 0 aliphatic carbocycles. The summed E-state index contributed by atoms with van der Waals surface area (Å²) in [6.45, 7) is 1.90. The van der Waals surface area contributed by atoms with Crippen molar-refractivity contribution in [3.05, 3.63) is 24.3 Å². The zero-order chi connectivity index (χ0) is 8.97. The molecule has 3 heteroatoms. The highest BCUT2D eigenvalue weighted by atomic mass is 32.2. The first-order valence-electron chi connectivity index (χ1n) is 3.80. The van der Waals surface area contributed by atoms with Gasteiger partial charge >= 0.3 is 0 Å². The summed E-state index contributed by atoms with van der Waals surface area (Å²) in [4.78, 5) is 0.860. The maximum absolute atomic E-state index is 11.3. The minimum absolute atomic E-state index is 0.659. The molecule has 1 aromatic carbocycles. The maximum Gasteiger partial charge on any atom is 0.118 e. The fourth-order valence-corrected chi connectivity index (χ4v) is 1.67. The summed E-state index contributed by atoms with van der Waals surface area (Å²) in [5.74, 6) is 1.46. The normalized spacial score (nSPS) is 12.5. The van der Waals surface area contributed by atoms with Crippen LogP contribution in [-0.4, -0.2) is 17.1 Å². The Morgan fingerprint density at radius 2 is 1.92 bits per heavy atom. The number of hydrogen-bond acceptors (Lipinski definition) is 2. The molecule has 0 aliphatic heterocycles. The second-order valence-electron chi connectivity index (χ2n) is 2.31. The predicted molar refractivity (Wildman–Crippen MR) is 49.9 cm³/mol. The molecule has 0 radical (unpaired) electrons. The lowest BCUT2D eigenvalue weighted by Gasteiger charge is -2.00. The SMILES string of the molecule is CC[S@@](=O)c1ccc(OC)cc1. The van der Waals surface area contributed by atoms with E-state index in [1.807, 2.05) is 31.2 Å². The average Bonchev–Trinajstić information content (AvgIpc) is 2.17. The van der Waals surface area contributed by atoms with Gasteiger partial charge in [-0.1, -0.05) is 6.92 Å². The van der Waals surface area contributed by atoms with E-state index in [0.29, 0.717) is 5.75 Å². The number of hydrogen-bond donors (Lipinski definition) is 0. The highest BCUT2D eigenvalue weighted by molar-refractivity contribution is 7.85. The van der Waals surface area contributed by atoms with Crippen LogP contribution < -0.4 is 4.74 Å². The van der Waals surface area contributed by atoms with Crippen LogP contribution in [0.1, 0.15) is 6.92 Å². The molecule has 1 atom stereocenters. The summed E-state index contributed by atoms with van der Waals surface area (Å²) >= 11 is 0. The minimum Gasteiger partial charge on any atom is -0.497 e. The highest BCUT2D eigenvalue weighted by Crippen LogP contribution is 2.13. The third kappa shape index (κ3) is 2.08. The van der Waals surface area contributed by atoms with Crippen molar-refractivity contribution in [3.63, 3.8) is 0 Å². The van der Waals surface area contributed by atoms with Crippen molar-refractivity contribution in [2.45, 2.75) is 11.8 Å². The van der Waals surface area contributed by atoms with Gasteiger partial charge in [0.25, 0.3) is 0 Å². The van der Waals surface area contributed by atoms with Gasteiger partial charge < -0.3 is 4.74 Å². The van der Waals surface area contributed by atoms with Gasteiger partial charge in [-0.3, -0.25) is 4.21 Å². The van der Waals surface area contributed by atoms with Crippen molar-refractivity contribution < 1.29 is 8.95 Å². The molecular weight excluding hydrogens is 172 g/mol. The molecule has 1 aromatic rings.